The van der Waals surface area contributed by atoms with E-state index in [0.29, 0.717) is 18.5 Å². The van der Waals surface area contributed by atoms with Gasteiger partial charge >= 0.3 is 6.03 Å². The van der Waals surface area contributed by atoms with Crippen molar-refractivity contribution in [3.05, 3.63) is 138 Å². The van der Waals surface area contributed by atoms with Gasteiger partial charge in [0.25, 0.3) is 0 Å². The van der Waals surface area contributed by atoms with Crippen LogP contribution in [0.5, 0.6) is 0 Å². The van der Waals surface area contributed by atoms with Crippen molar-refractivity contribution in [2.24, 2.45) is 0 Å². The molecular formula is C37H37N7O3. The minimum atomic E-state index is -1.23. The summed E-state index contributed by atoms with van der Waals surface area (Å²) in [6, 6.07) is 33.1. The largest absolute Gasteiger partial charge is 0.399 e. The highest BCUT2D eigenvalue weighted by atomic mass is 16.3. The number of carbonyl (C=O) groups excluding carboxylic acids is 1. The fourth-order valence-corrected chi connectivity index (χ4v) is 6.65. The summed E-state index contributed by atoms with van der Waals surface area (Å²) in [7, 11) is 0. The Labute approximate surface area is 272 Å². The SMILES string of the molecule is Nc1cccc(CN2C(=O)N(Cc3ccc4[nH]nc(-c5ccn[nH]5)c4c3)[C@H](Cc3ccccc3)[C@H](O)[C@@H](O)[C@H]2Cc2ccccc2)c1. The van der Waals surface area contributed by atoms with E-state index in [1.807, 2.05) is 103 Å². The molecule has 0 radical (unpaired) electrons. The number of aromatic nitrogens is 4. The van der Waals surface area contributed by atoms with E-state index in [0.717, 1.165) is 44.5 Å². The number of amides is 2. The van der Waals surface area contributed by atoms with Crippen molar-refractivity contribution in [1.82, 2.24) is 30.2 Å². The molecule has 6 aromatic rings. The standard InChI is InChI=1S/C37H37N7O3/c38-28-13-7-12-26(18-28)22-43-32(20-24-8-3-1-4-9-24)35(45)36(46)33(21-25-10-5-2-6-11-25)44(37(43)47)23-27-14-15-30-29(19-27)34(42-41-30)31-16-17-39-40-31/h1-19,32-33,35-36,45-46H,20-23,38H2,(H,39,40)(H,41,42)/t32-,33-,35+,36+/m1/s1. The third-order valence-corrected chi connectivity index (χ3v) is 9.05. The number of aromatic amines is 2. The van der Waals surface area contributed by atoms with Gasteiger partial charge in [-0.2, -0.15) is 10.2 Å². The number of aliphatic hydroxyl groups is 2. The van der Waals surface area contributed by atoms with Crippen molar-refractivity contribution >= 4 is 22.6 Å². The minimum Gasteiger partial charge on any atom is -0.399 e. The van der Waals surface area contributed by atoms with Crippen LogP contribution in [-0.2, 0) is 25.9 Å². The van der Waals surface area contributed by atoms with Gasteiger partial charge < -0.3 is 25.7 Å². The second-order valence-corrected chi connectivity index (χ2v) is 12.2. The van der Waals surface area contributed by atoms with E-state index in [-0.39, 0.29) is 19.1 Å². The van der Waals surface area contributed by atoms with Crippen molar-refractivity contribution < 1.29 is 15.0 Å². The normalized spacial score (nSPS) is 20.1. The maximum Gasteiger partial charge on any atom is 0.321 e. The summed E-state index contributed by atoms with van der Waals surface area (Å²) in [6.07, 6.45) is -0.0353. The summed E-state index contributed by atoms with van der Waals surface area (Å²) in [5.41, 5.74) is 12.7. The van der Waals surface area contributed by atoms with E-state index < -0.39 is 24.3 Å². The second-order valence-electron chi connectivity index (χ2n) is 12.2. The second kappa shape index (κ2) is 13.1. The van der Waals surface area contributed by atoms with Crippen LogP contribution in [-0.4, -0.2) is 70.7 Å². The van der Waals surface area contributed by atoms with Gasteiger partial charge in [0.1, 0.15) is 17.9 Å². The number of urea groups is 1. The zero-order valence-corrected chi connectivity index (χ0v) is 25.8. The number of aliphatic hydroxyl groups excluding tert-OH is 2. The number of hydrogen-bond donors (Lipinski definition) is 5. The lowest BCUT2D eigenvalue weighted by molar-refractivity contribution is -0.0408. The number of nitrogens with two attached hydrogens (primary N) is 1. The van der Waals surface area contributed by atoms with Crippen LogP contribution in [0.4, 0.5) is 10.5 Å². The number of fused-ring (bicyclic) bond motifs is 1. The molecule has 7 rings (SSSR count). The molecule has 0 bridgehead atoms. The Morgan fingerprint density at radius 2 is 1.28 bits per heavy atom. The summed E-state index contributed by atoms with van der Waals surface area (Å²) in [6.45, 7) is 0.416. The maximum atomic E-state index is 15.0. The molecule has 10 heteroatoms. The van der Waals surface area contributed by atoms with Crippen molar-refractivity contribution in [3.63, 3.8) is 0 Å². The first-order valence-corrected chi connectivity index (χ1v) is 15.8. The Hall–Kier alpha value is -5.45. The lowest BCUT2D eigenvalue weighted by Crippen LogP contribution is -2.50. The minimum absolute atomic E-state index is 0.204. The highest BCUT2D eigenvalue weighted by Crippen LogP contribution is 2.32. The lowest BCUT2D eigenvalue weighted by atomic mass is 9.91. The van der Waals surface area contributed by atoms with E-state index in [4.69, 9.17) is 5.73 Å². The zero-order valence-electron chi connectivity index (χ0n) is 25.8. The molecule has 47 heavy (non-hydrogen) atoms. The molecule has 0 aliphatic carbocycles. The van der Waals surface area contributed by atoms with Crippen molar-refractivity contribution in [1.29, 1.82) is 0 Å². The highest BCUT2D eigenvalue weighted by Gasteiger charge is 2.46. The van der Waals surface area contributed by atoms with Gasteiger partial charge in [-0.3, -0.25) is 10.2 Å². The van der Waals surface area contributed by atoms with Crippen molar-refractivity contribution in [3.8, 4) is 11.4 Å². The number of nitrogen functional groups attached to an aromatic ring is 1. The summed E-state index contributed by atoms with van der Waals surface area (Å²) in [5, 5.41) is 39.5. The molecule has 2 amide bonds. The molecule has 0 spiro atoms. The van der Waals surface area contributed by atoms with Crippen LogP contribution in [0, 0.1) is 0 Å². The molecule has 2 aromatic heterocycles. The molecule has 238 valence electrons. The number of anilines is 1. The number of H-pyrrole nitrogens is 2. The van der Waals surface area contributed by atoms with Crippen LogP contribution in [0.1, 0.15) is 22.3 Å². The Morgan fingerprint density at radius 1 is 0.681 bits per heavy atom. The molecule has 1 aliphatic heterocycles. The first kappa shape index (κ1) is 30.2. The maximum absolute atomic E-state index is 15.0. The van der Waals surface area contributed by atoms with Crippen molar-refractivity contribution in [2.45, 2.75) is 50.2 Å². The van der Waals surface area contributed by atoms with Crippen LogP contribution in [0.15, 0.2) is 115 Å². The van der Waals surface area contributed by atoms with Gasteiger partial charge in [0, 0.05) is 30.4 Å². The van der Waals surface area contributed by atoms with Crippen molar-refractivity contribution in [2.75, 3.05) is 5.73 Å². The topological polar surface area (TPSA) is 147 Å². The molecule has 6 N–H and O–H groups in total. The van der Waals surface area contributed by atoms with Gasteiger partial charge in [0.2, 0.25) is 0 Å². The lowest BCUT2D eigenvalue weighted by Gasteiger charge is -2.36. The number of benzene rings is 4. The van der Waals surface area contributed by atoms with E-state index in [1.54, 1.807) is 22.1 Å². The molecule has 0 unspecified atom stereocenters. The highest BCUT2D eigenvalue weighted by molar-refractivity contribution is 5.92. The van der Waals surface area contributed by atoms with Crippen LogP contribution >= 0.6 is 0 Å². The predicted molar refractivity (Wildman–Crippen MR) is 181 cm³/mol. The number of carbonyl (C=O) groups is 1. The van der Waals surface area contributed by atoms with Gasteiger partial charge in [-0.15, -0.1) is 0 Å². The third kappa shape index (κ3) is 6.33. The Morgan fingerprint density at radius 3 is 1.85 bits per heavy atom. The summed E-state index contributed by atoms with van der Waals surface area (Å²) in [4.78, 5) is 18.4. The number of rotatable bonds is 9. The predicted octanol–water partition coefficient (Wildman–Crippen LogP) is 4.92. The first-order valence-electron chi connectivity index (χ1n) is 15.8. The third-order valence-electron chi connectivity index (χ3n) is 9.05. The molecule has 3 heterocycles. The molecule has 4 atom stereocenters. The zero-order chi connectivity index (χ0) is 32.3. The monoisotopic (exact) mass is 627 g/mol. The van der Waals surface area contributed by atoms with E-state index >= 15 is 0 Å². The van der Waals surface area contributed by atoms with E-state index in [9.17, 15) is 15.0 Å². The Bertz CT molecular complexity index is 1950. The quantitative estimate of drug-likeness (QED) is 0.144. The Kier molecular flexibility index (Phi) is 8.43. The van der Waals surface area contributed by atoms with Crippen LogP contribution in [0.25, 0.3) is 22.3 Å². The molecule has 10 nitrogen and oxygen atoms in total. The molecular weight excluding hydrogens is 590 g/mol. The van der Waals surface area contributed by atoms with Crippen LogP contribution < -0.4 is 5.73 Å². The van der Waals surface area contributed by atoms with E-state index in [1.165, 1.54) is 0 Å². The Balaban J connectivity index is 1.32. The number of nitrogens with zero attached hydrogens (tertiary/aromatic N) is 4. The fourth-order valence-electron chi connectivity index (χ4n) is 6.65. The molecule has 1 aliphatic rings. The molecule has 1 fully saturated rings. The average Bonchev–Trinajstić information content (AvgIpc) is 3.77. The summed E-state index contributed by atoms with van der Waals surface area (Å²) in [5.74, 6) is 0. The smallest absolute Gasteiger partial charge is 0.321 e. The van der Waals surface area contributed by atoms with Gasteiger partial charge in [0.15, 0.2) is 0 Å². The van der Waals surface area contributed by atoms with E-state index in [2.05, 4.69) is 20.4 Å². The molecule has 1 saturated heterocycles. The number of hydrogen-bond acceptors (Lipinski definition) is 6. The van der Waals surface area contributed by atoms with Gasteiger partial charge in [-0.25, -0.2) is 4.79 Å². The summed E-state index contributed by atoms with van der Waals surface area (Å²) < 4.78 is 0. The van der Waals surface area contributed by atoms with Gasteiger partial charge in [0.05, 0.1) is 23.3 Å². The van der Waals surface area contributed by atoms with Crippen LogP contribution in [0.3, 0.4) is 0 Å². The van der Waals surface area contributed by atoms with Crippen LogP contribution in [0.2, 0.25) is 0 Å². The van der Waals surface area contributed by atoms with Gasteiger partial charge in [-0.1, -0.05) is 78.9 Å². The van der Waals surface area contributed by atoms with Gasteiger partial charge in [-0.05, 0) is 65.4 Å². The average molecular weight is 628 g/mol. The fraction of sp³-hybridized carbons (Fsp3) is 0.216. The molecule has 4 aromatic carbocycles. The first-order chi connectivity index (χ1) is 22.9. The summed E-state index contributed by atoms with van der Waals surface area (Å²) >= 11 is 0. The molecule has 0 saturated carbocycles. The number of nitrogens with one attached hydrogen (secondary N) is 2.